The number of hydrogen-bond acceptors (Lipinski definition) is 0. The topological polar surface area (TPSA) is 28.5 Å². The fraction of sp³-hybridized carbons (Fsp3) is 0. The molecule has 0 aliphatic heterocycles. The molecule has 0 aliphatic carbocycles. The second-order valence-electron chi connectivity index (χ2n) is 0. The minimum absolute atomic E-state index is 0. The van der Waals surface area contributed by atoms with Crippen LogP contribution in [0.1, 0.15) is 0 Å². The number of rotatable bonds is 0. The van der Waals surface area contributed by atoms with Crippen LogP contribution in [0.25, 0.3) is 0 Å². The molecule has 0 atom stereocenters. The molecule has 0 aliphatic rings. The molecule has 0 N–H and O–H groups in total. The van der Waals surface area contributed by atoms with E-state index in [2.05, 4.69) is 0 Å². The van der Waals surface area contributed by atoms with E-state index >= 15 is 0 Å². The van der Waals surface area contributed by atoms with Crippen LogP contribution in [0.2, 0.25) is 0 Å². The average Bonchev–Trinajstić information content (AvgIpc) is 0. The van der Waals surface area contributed by atoms with Crippen molar-refractivity contribution in [1.82, 2.24) is 0 Å². The Morgan fingerprint density at radius 2 is 0.500 bits per heavy atom. The van der Waals surface area contributed by atoms with Gasteiger partial charge in [-0.05, 0) is 0 Å². The van der Waals surface area contributed by atoms with Gasteiger partial charge in [0, 0.05) is 0 Å². The van der Waals surface area contributed by atoms with Crippen LogP contribution < -0.4 is 0 Å². The number of hydrogen-bond donors (Lipinski definition) is 0. The molecule has 17 valence electrons. The maximum atomic E-state index is 0. The van der Waals surface area contributed by atoms with Gasteiger partial charge < -0.3 is 5.48 Å². The van der Waals surface area contributed by atoms with Gasteiger partial charge in [-0.2, -0.15) is 0 Å². The Balaban J connectivity index is 0. The van der Waals surface area contributed by atoms with Gasteiger partial charge in [-0.15, -0.1) is 0 Å². The zero-order chi connectivity index (χ0) is 0. The van der Waals surface area contributed by atoms with Gasteiger partial charge in [0.1, 0.15) is 0 Å². The molecule has 0 aromatic carbocycles. The summed E-state index contributed by atoms with van der Waals surface area (Å²) in [4.78, 5) is 0. The molecule has 0 aromatic heterocycles. The molecule has 1 nitrogen and oxygen atoms in total. The summed E-state index contributed by atoms with van der Waals surface area (Å²) in [6, 6.07) is 0. The van der Waals surface area contributed by atoms with Crippen molar-refractivity contribution in [1.29, 1.82) is 0 Å². The van der Waals surface area contributed by atoms with Crippen molar-refractivity contribution in [2.75, 3.05) is 0 Å². The summed E-state index contributed by atoms with van der Waals surface area (Å²) in [5.74, 6) is 0. The molecular formula is Cr3O+7. The predicted octanol–water partition coefficient (Wildman–Crippen LogP) is -0.126. The predicted molar refractivity (Wildman–Crippen MR) is 0.686 cm³/mol. The molecule has 0 spiro atoms. The zero-order valence-electron chi connectivity index (χ0n) is 1.63. The van der Waals surface area contributed by atoms with Gasteiger partial charge in [-0.1, -0.05) is 0 Å². The van der Waals surface area contributed by atoms with E-state index in [1.807, 2.05) is 0 Å². The average molecular weight is 172 g/mol. The maximum absolute atomic E-state index is 0. The van der Waals surface area contributed by atoms with Crippen LogP contribution in [0.4, 0.5) is 0 Å². The molecule has 0 bridgehead atoms. The van der Waals surface area contributed by atoms with Crippen LogP contribution in [0.3, 0.4) is 0 Å². The van der Waals surface area contributed by atoms with E-state index in [4.69, 9.17) is 0 Å². The summed E-state index contributed by atoms with van der Waals surface area (Å²) in [5.41, 5.74) is 0. The molecule has 0 aromatic rings. The summed E-state index contributed by atoms with van der Waals surface area (Å²) >= 11 is 0. The summed E-state index contributed by atoms with van der Waals surface area (Å²) in [7, 11) is 0. The van der Waals surface area contributed by atoms with Gasteiger partial charge in [-0.3, -0.25) is 0 Å². The third-order valence-corrected chi connectivity index (χ3v) is 0. The van der Waals surface area contributed by atoms with Crippen LogP contribution >= 0.6 is 0 Å². The SMILES string of the molecule is [Cr+3].[Cr+3].[Cr+3].[O-2]. The second kappa shape index (κ2) is 23.8. The molecule has 0 amide bonds. The van der Waals surface area contributed by atoms with E-state index in [0.717, 1.165) is 0 Å². The molecule has 0 saturated heterocycles. The molecule has 0 fully saturated rings. The molecule has 4 heteroatoms. The molecule has 0 unspecified atom stereocenters. The molecule has 4 heavy (non-hydrogen) atoms. The van der Waals surface area contributed by atoms with Crippen molar-refractivity contribution in [3.8, 4) is 0 Å². The smallest absolute Gasteiger partial charge is 2.00 e. The summed E-state index contributed by atoms with van der Waals surface area (Å²) in [6.45, 7) is 0. The van der Waals surface area contributed by atoms with E-state index < -0.39 is 0 Å². The van der Waals surface area contributed by atoms with Crippen LogP contribution in [0.15, 0.2) is 0 Å². The Bertz CT molecular complexity index is 3.25. The molecule has 0 rings (SSSR count). The summed E-state index contributed by atoms with van der Waals surface area (Å²) in [6.07, 6.45) is 0. The van der Waals surface area contributed by atoms with Gasteiger partial charge in [0.2, 0.25) is 0 Å². The van der Waals surface area contributed by atoms with E-state index in [9.17, 15) is 0 Å². The van der Waals surface area contributed by atoms with Crippen molar-refractivity contribution in [3.63, 3.8) is 0 Å². The van der Waals surface area contributed by atoms with Gasteiger partial charge in [0.25, 0.3) is 0 Å². The Morgan fingerprint density at radius 3 is 0.500 bits per heavy atom. The van der Waals surface area contributed by atoms with Gasteiger partial charge in [-0.25, -0.2) is 0 Å². The van der Waals surface area contributed by atoms with Gasteiger partial charge in [0.15, 0.2) is 0 Å². The van der Waals surface area contributed by atoms with Gasteiger partial charge >= 0.3 is 52.1 Å². The fourth-order valence-corrected chi connectivity index (χ4v) is 0. The van der Waals surface area contributed by atoms with E-state index in [1.54, 1.807) is 0 Å². The third-order valence-electron chi connectivity index (χ3n) is 0. The first kappa shape index (κ1) is 47.6. The zero-order valence-corrected chi connectivity index (χ0v) is 5.46. The van der Waals surface area contributed by atoms with E-state index in [1.165, 1.54) is 0 Å². The van der Waals surface area contributed by atoms with Crippen molar-refractivity contribution in [2.45, 2.75) is 0 Å². The summed E-state index contributed by atoms with van der Waals surface area (Å²) < 4.78 is 0. The molecule has 0 saturated carbocycles. The van der Waals surface area contributed by atoms with Crippen molar-refractivity contribution in [2.24, 2.45) is 0 Å². The minimum atomic E-state index is 0. The first-order valence-electron chi connectivity index (χ1n) is 0. The van der Waals surface area contributed by atoms with Crippen molar-refractivity contribution < 1.29 is 57.6 Å². The van der Waals surface area contributed by atoms with E-state index in [-0.39, 0.29) is 57.6 Å². The Hall–Kier alpha value is 1.56. The Morgan fingerprint density at radius 1 is 0.500 bits per heavy atom. The van der Waals surface area contributed by atoms with E-state index in [0.29, 0.717) is 0 Å². The van der Waals surface area contributed by atoms with Crippen molar-refractivity contribution >= 4 is 0 Å². The normalized spacial score (nSPS) is 0. The van der Waals surface area contributed by atoms with Crippen molar-refractivity contribution in [3.05, 3.63) is 0 Å². The standard InChI is InChI=1S/3Cr.O/q3*+3;-2. The fourth-order valence-electron chi connectivity index (χ4n) is 0. The van der Waals surface area contributed by atoms with Crippen LogP contribution in [0.5, 0.6) is 0 Å². The monoisotopic (exact) mass is 172 g/mol. The first-order valence-corrected chi connectivity index (χ1v) is 0. The van der Waals surface area contributed by atoms with Crippen LogP contribution in [-0.2, 0) is 57.6 Å². The molecule has 0 heterocycles. The maximum Gasteiger partial charge on any atom is 3.00 e. The quantitative estimate of drug-likeness (QED) is 0.487. The van der Waals surface area contributed by atoms with Gasteiger partial charge in [0.05, 0.1) is 0 Å². The van der Waals surface area contributed by atoms with Crippen LogP contribution in [-0.4, -0.2) is 0 Å². The third kappa shape index (κ3) is 9.59. The molecule has 3 radical (unpaired) electrons. The first-order chi connectivity index (χ1) is 0. The Kier molecular flexibility index (Phi) is 283. The minimum Gasteiger partial charge on any atom is -2.00 e. The largest absolute Gasteiger partial charge is 3.00 e. The molecular weight excluding hydrogens is 172 g/mol. The Labute approximate surface area is 57.5 Å². The van der Waals surface area contributed by atoms with Crippen LogP contribution in [0, 0.1) is 0 Å². The second-order valence-corrected chi connectivity index (χ2v) is 0. The summed E-state index contributed by atoms with van der Waals surface area (Å²) in [5, 5.41) is 0.